The molecule has 1 aliphatic heterocycles. The van der Waals surface area contributed by atoms with Crippen LogP contribution in [0.25, 0.3) is 0 Å². The first kappa shape index (κ1) is 15.3. The van der Waals surface area contributed by atoms with Gasteiger partial charge in [0.15, 0.2) is 5.82 Å². The molecule has 1 aromatic heterocycles. The number of carbonyl (C=O) groups is 1. The normalized spacial score (nSPS) is 18.8. The van der Waals surface area contributed by atoms with Crippen LogP contribution in [0.15, 0.2) is 30.3 Å². The molecule has 1 saturated heterocycles. The van der Waals surface area contributed by atoms with Gasteiger partial charge in [-0.05, 0) is 28.8 Å². The molecule has 126 valence electrons. The van der Waals surface area contributed by atoms with Crippen LogP contribution in [-0.2, 0) is 17.9 Å². The van der Waals surface area contributed by atoms with Crippen molar-refractivity contribution >= 4 is 5.91 Å². The van der Waals surface area contributed by atoms with E-state index in [-0.39, 0.29) is 0 Å². The van der Waals surface area contributed by atoms with E-state index in [2.05, 4.69) is 32.6 Å². The van der Waals surface area contributed by atoms with Gasteiger partial charge in [0.1, 0.15) is 0 Å². The van der Waals surface area contributed by atoms with E-state index in [1.54, 1.807) is 0 Å². The molecule has 2 heterocycles. The van der Waals surface area contributed by atoms with Gasteiger partial charge in [0.05, 0.1) is 13.1 Å². The molecule has 0 radical (unpaired) electrons. The quantitative estimate of drug-likeness (QED) is 0.812. The Labute approximate surface area is 141 Å². The Kier molecular flexibility index (Phi) is 4.25. The Morgan fingerprint density at radius 3 is 2.50 bits per heavy atom. The van der Waals surface area contributed by atoms with Crippen LogP contribution in [0.4, 0.5) is 0 Å². The number of rotatable bonds is 5. The van der Waals surface area contributed by atoms with Gasteiger partial charge in [-0.25, -0.2) is 4.68 Å². The molecule has 0 N–H and O–H groups in total. The van der Waals surface area contributed by atoms with Crippen molar-refractivity contribution in [3.8, 4) is 0 Å². The van der Waals surface area contributed by atoms with Crippen molar-refractivity contribution < 1.29 is 4.79 Å². The highest BCUT2D eigenvalue weighted by Crippen LogP contribution is 2.31. The number of hydrogen-bond donors (Lipinski definition) is 0. The smallest absolute Gasteiger partial charge is 0.225 e. The minimum Gasteiger partial charge on any atom is -0.340 e. The monoisotopic (exact) mass is 326 g/mol. The lowest BCUT2D eigenvalue weighted by Gasteiger charge is -2.34. The molecule has 0 spiro atoms. The average molecular weight is 326 g/mol. The fourth-order valence-corrected chi connectivity index (χ4v) is 3.13. The number of piperazine rings is 1. The molecular formula is C17H22N6O. The van der Waals surface area contributed by atoms with Crippen LogP contribution < -0.4 is 0 Å². The first-order valence-corrected chi connectivity index (χ1v) is 8.60. The summed E-state index contributed by atoms with van der Waals surface area (Å²) < 4.78 is 1.86. The van der Waals surface area contributed by atoms with Crippen LogP contribution in [-0.4, -0.2) is 62.1 Å². The maximum atomic E-state index is 12.1. The van der Waals surface area contributed by atoms with Gasteiger partial charge in [-0.2, -0.15) is 0 Å². The van der Waals surface area contributed by atoms with Crippen molar-refractivity contribution in [1.82, 2.24) is 30.0 Å². The Hall–Kier alpha value is -2.28. The first-order valence-electron chi connectivity index (χ1n) is 8.60. The molecular weight excluding hydrogens is 304 g/mol. The first-order chi connectivity index (χ1) is 11.8. The predicted molar refractivity (Wildman–Crippen MR) is 87.9 cm³/mol. The third kappa shape index (κ3) is 3.46. The summed E-state index contributed by atoms with van der Waals surface area (Å²) in [5.41, 5.74) is 1.19. The van der Waals surface area contributed by atoms with E-state index in [1.165, 1.54) is 5.56 Å². The van der Waals surface area contributed by atoms with Crippen molar-refractivity contribution in [2.75, 3.05) is 26.2 Å². The number of nitrogens with zero attached hydrogens (tertiary/aromatic N) is 6. The van der Waals surface area contributed by atoms with E-state index in [0.717, 1.165) is 51.4 Å². The van der Waals surface area contributed by atoms with Gasteiger partial charge in [-0.1, -0.05) is 30.3 Å². The van der Waals surface area contributed by atoms with Crippen LogP contribution >= 0.6 is 0 Å². The van der Waals surface area contributed by atoms with Gasteiger partial charge in [0.2, 0.25) is 5.91 Å². The fourth-order valence-electron chi connectivity index (χ4n) is 3.13. The second-order valence-electron chi connectivity index (χ2n) is 6.61. The standard InChI is InChI=1S/C17H22N6O/c24-17(15-6-7-15)22-10-8-21(9-11-22)13-16-18-19-20-23(16)12-14-4-2-1-3-5-14/h1-5,15H,6-13H2. The number of carbonyl (C=O) groups excluding carboxylic acids is 1. The SMILES string of the molecule is O=C(C1CC1)N1CCN(Cc2nnnn2Cc2ccccc2)CC1. The molecule has 7 nitrogen and oxygen atoms in total. The number of benzene rings is 1. The van der Waals surface area contributed by atoms with E-state index in [1.807, 2.05) is 27.8 Å². The molecule has 1 amide bonds. The van der Waals surface area contributed by atoms with Crippen LogP contribution in [0, 0.1) is 5.92 Å². The Bertz CT molecular complexity index is 688. The third-order valence-electron chi connectivity index (χ3n) is 4.76. The van der Waals surface area contributed by atoms with E-state index in [9.17, 15) is 4.79 Å². The van der Waals surface area contributed by atoms with E-state index in [0.29, 0.717) is 18.4 Å². The maximum absolute atomic E-state index is 12.1. The molecule has 0 unspecified atom stereocenters. The topological polar surface area (TPSA) is 67.2 Å². The van der Waals surface area contributed by atoms with Gasteiger partial charge in [0, 0.05) is 32.1 Å². The van der Waals surface area contributed by atoms with E-state index in [4.69, 9.17) is 0 Å². The van der Waals surface area contributed by atoms with Crippen LogP contribution in [0.5, 0.6) is 0 Å². The lowest BCUT2D eigenvalue weighted by Crippen LogP contribution is -2.49. The summed E-state index contributed by atoms with van der Waals surface area (Å²) in [6.07, 6.45) is 2.15. The zero-order valence-corrected chi connectivity index (χ0v) is 13.7. The summed E-state index contributed by atoms with van der Waals surface area (Å²) in [6.45, 7) is 4.81. The molecule has 0 atom stereocenters. The summed E-state index contributed by atoms with van der Waals surface area (Å²) in [4.78, 5) is 16.5. The average Bonchev–Trinajstić information content (AvgIpc) is 3.39. The molecule has 1 aliphatic carbocycles. The molecule has 1 saturated carbocycles. The summed E-state index contributed by atoms with van der Waals surface area (Å²) in [7, 11) is 0. The molecule has 24 heavy (non-hydrogen) atoms. The summed E-state index contributed by atoms with van der Waals surface area (Å²) >= 11 is 0. The second kappa shape index (κ2) is 6.68. The molecule has 2 fully saturated rings. The Morgan fingerprint density at radius 2 is 1.79 bits per heavy atom. The highest BCUT2D eigenvalue weighted by Gasteiger charge is 2.34. The van der Waals surface area contributed by atoms with Crippen molar-refractivity contribution in [2.24, 2.45) is 5.92 Å². The minimum atomic E-state index is 0.315. The van der Waals surface area contributed by atoms with Gasteiger partial charge in [-0.15, -0.1) is 5.10 Å². The minimum absolute atomic E-state index is 0.315. The van der Waals surface area contributed by atoms with Crippen molar-refractivity contribution in [3.05, 3.63) is 41.7 Å². The van der Waals surface area contributed by atoms with Gasteiger partial charge < -0.3 is 4.90 Å². The van der Waals surface area contributed by atoms with E-state index < -0.39 is 0 Å². The van der Waals surface area contributed by atoms with Gasteiger partial charge in [0.25, 0.3) is 0 Å². The summed E-state index contributed by atoms with van der Waals surface area (Å²) in [5.74, 6) is 1.54. The Balaban J connectivity index is 1.33. The number of aromatic nitrogens is 4. The lowest BCUT2D eigenvalue weighted by atomic mass is 10.2. The van der Waals surface area contributed by atoms with Crippen LogP contribution in [0.1, 0.15) is 24.2 Å². The third-order valence-corrected chi connectivity index (χ3v) is 4.76. The van der Waals surface area contributed by atoms with E-state index >= 15 is 0 Å². The van der Waals surface area contributed by atoms with Gasteiger partial charge >= 0.3 is 0 Å². The number of amides is 1. The number of hydrogen-bond acceptors (Lipinski definition) is 5. The van der Waals surface area contributed by atoms with Crippen molar-refractivity contribution in [2.45, 2.75) is 25.9 Å². The molecule has 2 aliphatic rings. The zero-order valence-electron chi connectivity index (χ0n) is 13.7. The largest absolute Gasteiger partial charge is 0.340 e. The fraction of sp³-hybridized carbons (Fsp3) is 0.529. The predicted octanol–water partition coefficient (Wildman–Crippen LogP) is 0.776. The summed E-state index contributed by atoms with van der Waals surface area (Å²) in [5, 5.41) is 12.1. The van der Waals surface area contributed by atoms with Crippen LogP contribution in [0.2, 0.25) is 0 Å². The Morgan fingerprint density at radius 1 is 1.04 bits per heavy atom. The molecule has 2 aromatic rings. The highest BCUT2D eigenvalue weighted by atomic mass is 16.2. The number of tetrazole rings is 1. The molecule has 4 rings (SSSR count). The molecule has 0 bridgehead atoms. The second-order valence-corrected chi connectivity index (χ2v) is 6.61. The molecule has 7 heteroatoms. The lowest BCUT2D eigenvalue weighted by molar-refractivity contribution is -0.134. The highest BCUT2D eigenvalue weighted by molar-refractivity contribution is 5.81. The van der Waals surface area contributed by atoms with Crippen molar-refractivity contribution in [3.63, 3.8) is 0 Å². The molecule has 1 aromatic carbocycles. The maximum Gasteiger partial charge on any atom is 0.225 e. The van der Waals surface area contributed by atoms with Crippen LogP contribution in [0.3, 0.4) is 0 Å². The van der Waals surface area contributed by atoms with Gasteiger partial charge in [-0.3, -0.25) is 9.69 Å². The van der Waals surface area contributed by atoms with Crippen molar-refractivity contribution in [1.29, 1.82) is 0 Å². The summed E-state index contributed by atoms with van der Waals surface area (Å²) in [6, 6.07) is 10.2. The zero-order chi connectivity index (χ0) is 16.4.